The van der Waals surface area contributed by atoms with Crippen LogP contribution < -0.4 is 15.4 Å². The number of ether oxygens (including phenoxy) is 1. The fourth-order valence-electron chi connectivity index (χ4n) is 2.90. The number of nitrogens with one attached hydrogen (secondary N) is 2. The molecule has 0 saturated carbocycles. The van der Waals surface area contributed by atoms with E-state index in [4.69, 9.17) is 0 Å². The van der Waals surface area contributed by atoms with Crippen molar-refractivity contribution in [3.05, 3.63) is 59.9 Å². The van der Waals surface area contributed by atoms with Gasteiger partial charge in [-0.1, -0.05) is 31.2 Å². The van der Waals surface area contributed by atoms with Crippen molar-refractivity contribution in [2.45, 2.75) is 32.9 Å². The minimum atomic E-state index is -2.94. The van der Waals surface area contributed by atoms with Gasteiger partial charge in [-0.25, -0.2) is 9.48 Å². The zero-order valence-electron chi connectivity index (χ0n) is 15.8. The van der Waals surface area contributed by atoms with E-state index in [9.17, 15) is 13.6 Å². The van der Waals surface area contributed by atoms with Crippen molar-refractivity contribution in [3.8, 4) is 11.4 Å². The summed E-state index contributed by atoms with van der Waals surface area (Å²) in [5, 5.41) is 16.6. The summed E-state index contributed by atoms with van der Waals surface area (Å²) in [7, 11) is 0. The van der Waals surface area contributed by atoms with Crippen molar-refractivity contribution < 1.29 is 18.3 Å². The predicted molar refractivity (Wildman–Crippen MR) is 102 cm³/mol. The van der Waals surface area contributed by atoms with E-state index in [2.05, 4.69) is 30.9 Å². The number of nitrogens with zero attached hydrogens (tertiary/aromatic N) is 4. The first-order valence-electron chi connectivity index (χ1n) is 8.93. The third-order valence-electron chi connectivity index (χ3n) is 4.29. The van der Waals surface area contributed by atoms with E-state index in [0.29, 0.717) is 17.7 Å². The molecular weight excluding hydrogens is 382 g/mol. The average molecular weight is 402 g/mol. The molecule has 1 aromatic heterocycles. The SMILES string of the molecule is CC[C@H](NC(=O)Nc1ccc(C)c(-n2cnnn2)c1)c1ccccc1OC(F)F. The Hall–Kier alpha value is -3.56. The molecule has 10 heteroatoms. The van der Waals surface area contributed by atoms with E-state index < -0.39 is 18.7 Å². The third-order valence-corrected chi connectivity index (χ3v) is 4.29. The van der Waals surface area contributed by atoms with Gasteiger partial charge in [0.25, 0.3) is 0 Å². The fraction of sp³-hybridized carbons (Fsp3) is 0.263. The van der Waals surface area contributed by atoms with Gasteiger partial charge in [-0.2, -0.15) is 8.78 Å². The van der Waals surface area contributed by atoms with Crippen LogP contribution in [0.3, 0.4) is 0 Å². The zero-order chi connectivity index (χ0) is 20.8. The summed E-state index contributed by atoms with van der Waals surface area (Å²) in [5.74, 6) is 0.0333. The van der Waals surface area contributed by atoms with E-state index in [1.54, 1.807) is 30.3 Å². The first-order valence-corrected chi connectivity index (χ1v) is 8.93. The van der Waals surface area contributed by atoms with Crippen molar-refractivity contribution in [2.75, 3.05) is 5.32 Å². The number of aromatic nitrogens is 4. The molecule has 152 valence electrons. The molecule has 0 unspecified atom stereocenters. The van der Waals surface area contributed by atoms with Crippen LogP contribution in [-0.2, 0) is 0 Å². The highest BCUT2D eigenvalue weighted by atomic mass is 19.3. The zero-order valence-corrected chi connectivity index (χ0v) is 15.8. The molecule has 0 fully saturated rings. The topological polar surface area (TPSA) is 94.0 Å². The maximum atomic E-state index is 12.7. The van der Waals surface area contributed by atoms with Gasteiger partial charge >= 0.3 is 12.6 Å². The van der Waals surface area contributed by atoms with Crippen molar-refractivity contribution in [1.29, 1.82) is 0 Å². The maximum absolute atomic E-state index is 12.7. The molecule has 2 N–H and O–H groups in total. The molecule has 3 rings (SSSR count). The summed E-state index contributed by atoms with van der Waals surface area (Å²) in [6.07, 6.45) is 1.94. The van der Waals surface area contributed by atoms with Crippen LogP contribution in [0.5, 0.6) is 5.75 Å². The third kappa shape index (κ3) is 5.03. The lowest BCUT2D eigenvalue weighted by Crippen LogP contribution is -2.32. The highest BCUT2D eigenvalue weighted by Gasteiger charge is 2.19. The number of hydrogen-bond acceptors (Lipinski definition) is 5. The molecular formula is C19H20F2N6O2. The van der Waals surface area contributed by atoms with Gasteiger partial charge in [0.05, 0.1) is 11.7 Å². The van der Waals surface area contributed by atoms with Gasteiger partial charge in [0.2, 0.25) is 0 Å². The molecule has 1 atom stereocenters. The Morgan fingerprint density at radius 2 is 2.03 bits per heavy atom. The lowest BCUT2D eigenvalue weighted by atomic mass is 10.0. The highest BCUT2D eigenvalue weighted by Crippen LogP contribution is 2.28. The Kier molecular flexibility index (Phi) is 6.32. The number of halogens is 2. The van der Waals surface area contributed by atoms with Crippen molar-refractivity contribution in [3.63, 3.8) is 0 Å². The molecule has 29 heavy (non-hydrogen) atoms. The smallest absolute Gasteiger partial charge is 0.387 e. The van der Waals surface area contributed by atoms with Crippen molar-refractivity contribution >= 4 is 11.7 Å². The van der Waals surface area contributed by atoms with Crippen LogP contribution in [0, 0.1) is 6.92 Å². The summed E-state index contributed by atoms with van der Waals surface area (Å²) < 4.78 is 31.4. The number of carbonyl (C=O) groups is 1. The second-order valence-corrected chi connectivity index (χ2v) is 6.23. The Bertz CT molecular complexity index is 965. The van der Waals surface area contributed by atoms with Crippen LogP contribution in [0.1, 0.15) is 30.5 Å². The highest BCUT2D eigenvalue weighted by molar-refractivity contribution is 5.90. The van der Waals surface area contributed by atoms with Crippen LogP contribution in [0.15, 0.2) is 48.8 Å². The number of amides is 2. The van der Waals surface area contributed by atoms with Crippen LogP contribution in [-0.4, -0.2) is 32.8 Å². The van der Waals surface area contributed by atoms with Crippen molar-refractivity contribution in [2.24, 2.45) is 0 Å². The van der Waals surface area contributed by atoms with E-state index in [0.717, 1.165) is 11.3 Å². The lowest BCUT2D eigenvalue weighted by molar-refractivity contribution is -0.0506. The number of anilines is 1. The van der Waals surface area contributed by atoms with Gasteiger partial charge in [0.1, 0.15) is 12.1 Å². The van der Waals surface area contributed by atoms with Gasteiger partial charge in [-0.05, 0) is 47.5 Å². The summed E-state index contributed by atoms with van der Waals surface area (Å²) in [5.41, 5.74) is 2.65. The van der Waals surface area contributed by atoms with Crippen LogP contribution in [0.4, 0.5) is 19.3 Å². The summed E-state index contributed by atoms with van der Waals surface area (Å²) in [4.78, 5) is 12.5. The van der Waals surface area contributed by atoms with Gasteiger partial charge in [0, 0.05) is 11.3 Å². The number of rotatable bonds is 7. The Labute approximate surface area is 165 Å². The average Bonchev–Trinajstić information content (AvgIpc) is 3.22. The van der Waals surface area contributed by atoms with E-state index in [1.807, 2.05) is 19.9 Å². The first-order chi connectivity index (χ1) is 14.0. The van der Waals surface area contributed by atoms with Gasteiger partial charge in [-0.3, -0.25) is 0 Å². The standard InChI is InChI=1S/C19H20F2N6O2/c1-3-15(14-6-4-5-7-17(14)29-18(20)21)24-19(28)23-13-9-8-12(2)16(10-13)27-11-22-25-26-27/h4-11,15,18H,3H2,1-2H3,(H2,23,24,28)/t15-/m0/s1. The molecule has 0 aliphatic carbocycles. The summed E-state index contributed by atoms with van der Waals surface area (Å²) in [6.45, 7) is 0.791. The molecule has 2 aromatic carbocycles. The number of aryl methyl sites for hydroxylation is 1. The Morgan fingerprint density at radius 3 is 2.72 bits per heavy atom. The number of tetrazole rings is 1. The van der Waals surface area contributed by atoms with Crippen molar-refractivity contribution in [1.82, 2.24) is 25.5 Å². The predicted octanol–water partition coefficient (Wildman–Crippen LogP) is 3.84. The van der Waals surface area contributed by atoms with Crippen LogP contribution in [0.25, 0.3) is 5.69 Å². The fourth-order valence-corrected chi connectivity index (χ4v) is 2.90. The second-order valence-electron chi connectivity index (χ2n) is 6.23. The molecule has 1 heterocycles. The monoisotopic (exact) mass is 402 g/mol. The first kappa shape index (κ1) is 20.2. The van der Waals surface area contributed by atoms with E-state index >= 15 is 0 Å². The largest absolute Gasteiger partial charge is 0.434 e. The normalized spacial score (nSPS) is 11.9. The second kappa shape index (κ2) is 9.09. The molecule has 2 amide bonds. The molecule has 0 radical (unpaired) electrons. The minimum Gasteiger partial charge on any atom is -0.434 e. The van der Waals surface area contributed by atoms with Gasteiger partial charge in [0.15, 0.2) is 0 Å². The number of urea groups is 1. The minimum absolute atomic E-state index is 0.0333. The Morgan fingerprint density at radius 1 is 1.24 bits per heavy atom. The Balaban J connectivity index is 1.74. The number of hydrogen-bond donors (Lipinski definition) is 2. The number of benzene rings is 2. The number of carbonyl (C=O) groups excluding carboxylic acids is 1. The molecule has 0 spiro atoms. The summed E-state index contributed by atoms with van der Waals surface area (Å²) >= 11 is 0. The molecule has 0 saturated heterocycles. The van der Waals surface area contributed by atoms with E-state index in [1.165, 1.54) is 17.1 Å². The quantitative estimate of drug-likeness (QED) is 0.626. The number of alkyl halides is 2. The van der Waals surface area contributed by atoms with Crippen LogP contribution >= 0.6 is 0 Å². The molecule has 3 aromatic rings. The van der Waals surface area contributed by atoms with Gasteiger partial charge < -0.3 is 15.4 Å². The van der Waals surface area contributed by atoms with Gasteiger partial charge in [-0.15, -0.1) is 5.10 Å². The van der Waals surface area contributed by atoms with E-state index in [-0.39, 0.29) is 5.75 Å². The van der Waals surface area contributed by atoms with Crippen LogP contribution in [0.2, 0.25) is 0 Å². The number of para-hydroxylation sites is 1. The molecule has 0 bridgehead atoms. The summed E-state index contributed by atoms with van der Waals surface area (Å²) in [6, 6.07) is 10.7. The maximum Gasteiger partial charge on any atom is 0.387 e. The molecule has 0 aliphatic rings. The molecule has 8 nitrogen and oxygen atoms in total. The lowest BCUT2D eigenvalue weighted by Gasteiger charge is -2.21. The molecule has 0 aliphatic heterocycles.